The molecule has 2 N–H and O–H groups in total. The molecule has 0 aliphatic carbocycles. The molecule has 0 aliphatic heterocycles. The lowest BCUT2D eigenvalue weighted by Crippen LogP contribution is -2.20. The molecule has 1 heterocycles. The molecular weight excluding hydrogens is 377 g/mol. The topological polar surface area (TPSA) is 89.6 Å². The van der Waals surface area contributed by atoms with E-state index in [0.717, 1.165) is 0 Å². The number of esters is 2. The molecule has 1 atom stereocenters. The van der Waals surface area contributed by atoms with Gasteiger partial charge in [-0.1, -0.05) is 6.07 Å². The lowest BCUT2D eigenvalue weighted by atomic mass is 10.1. The molecule has 0 fully saturated rings. The standard InChI is InChI=1S/C21H22FN3O4/c1-3-29-20(26)17(18-6-4-5-12-23-18)11-13-24-19(21(27)28-2)14-25-16-9-7-15(22)8-10-16/h4-14,17,24-25H,3H2,1-2H3/b13-11+,19-14+. The highest BCUT2D eigenvalue weighted by Crippen LogP contribution is 2.16. The van der Waals surface area contributed by atoms with Crippen LogP contribution in [0.1, 0.15) is 18.5 Å². The molecule has 0 saturated carbocycles. The predicted octanol–water partition coefficient (Wildman–Crippen LogP) is 3.10. The number of nitrogens with one attached hydrogen (secondary N) is 2. The first-order valence-electron chi connectivity index (χ1n) is 8.86. The summed E-state index contributed by atoms with van der Waals surface area (Å²) >= 11 is 0. The summed E-state index contributed by atoms with van der Waals surface area (Å²) in [5.74, 6) is -2.20. The molecule has 29 heavy (non-hydrogen) atoms. The minimum atomic E-state index is -0.743. The quantitative estimate of drug-likeness (QED) is 0.495. The highest BCUT2D eigenvalue weighted by molar-refractivity contribution is 5.88. The molecule has 1 aromatic carbocycles. The van der Waals surface area contributed by atoms with Crippen molar-refractivity contribution in [3.8, 4) is 0 Å². The van der Waals surface area contributed by atoms with Crippen LogP contribution in [0.4, 0.5) is 10.1 Å². The molecule has 152 valence electrons. The van der Waals surface area contributed by atoms with Crippen molar-refractivity contribution in [2.75, 3.05) is 19.0 Å². The van der Waals surface area contributed by atoms with Crippen LogP contribution in [0.5, 0.6) is 0 Å². The monoisotopic (exact) mass is 399 g/mol. The molecular formula is C21H22FN3O4. The largest absolute Gasteiger partial charge is 0.465 e. The molecule has 2 aromatic rings. The zero-order chi connectivity index (χ0) is 21.1. The Balaban J connectivity index is 2.15. The SMILES string of the molecule is CCOC(=O)C(/C=C/N/C(=C/Nc1ccc(F)cc1)C(=O)OC)c1ccccn1. The van der Waals surface area contributed by atoms with Crippen LogP contribution in [0.3, 0.4) is 0 Å². The number of hydrogen-bond acceptors (Lipinski definition) is 7. The van der Waals surface area contributed by atoms with Gasteiger partial charge in [-0.05, 0) is 55.6 Å². The molecule has 0 amide bonds. The Morgan fingerprint density at radius 1 is 1.21 bits per heavy atom. The molecule has 1 aromatic heterocycles. The fourth-order valence-corrected chi connectivity index (χ4v) is 2.30. The highest BCUT2D eigenvalue weighted by atomic mass is 19.1. The molecule has 1 unspecified atom stereocenters. The van der Waals surface area contributed by atoms with Crippen LogP contribution in [-0.2, 0) is 19.1 Å². The zero-order valence-electron chi connectivity index (χ0n) is 16.1. The Hall–Kier alpha value is -3.68. The summed E-state index contributed by atoms with van der Waals surface area (Å²) in [5, 5.41) is 5.65. The van der Waals surface area contributed by atoms with Gasteiger partial charge in [0.05, 0.1) is 19.4 Å². The van der Waals surface area contributed by atoms with Gasteiger partial charge in [0, 0.05) is 18.1 Å². The number of halogens is 1. The third-order valence-corrected chi connectivity index (χ3v) is 3.71. The molecule has 2 rings (SSSR count). The van der Waals surface area contributed by atoms with Gasteiger partial charge in [-0.2, -0.15) is 0 Å². The van der Waals surface area contributed by atoms with E-state index in [1.807, 2.05) is 0 Å². The van der Waals surface area contributed by atoms with Crippen LogP contribution < -0.4 is 10.6 Å². The van der Waals surface area contributed by atoms with Gasteiger partial charge in [0.15, 0.2) is 0 Å². The van der Waals surface area contributed by atoms with E-state index in [1.54, 1.807) is 31.3 Å². The maximum absolute atomic E-state index is 13.0. The van der Waals surface area contributed by atoms with E-state index in [2.05, 4.69) is 15.6 Å². The molecule has 0 spiro atoms. The first-order valence-corrected chi connectivity index (χ1v) is 8.86. The van der Waals surface area contributed by atoms with Gasteiger partial charge in [0.25, 0.3) is 0 Å². The number of anilines is 1. The number of methoxy groups -OCH3 is 1. The number of carbonyl (C=O) groups is 2. The number of hydrogen-bond donors (Lipinski definition) is 2. The number of rotatable bonds is 9. The molecule has 8 heteroatoms. The van der Waals surface area contributed by atoms with Crippen LogP contribution in [0.25, 0.3) is 0 Å². The Labute approximate surface area is 168 Å². The summed E-state index contributed by atoms with van der Waals surface area (Å²) < 4.78 is 22.8. The predicted molar refractivity (Wildman–Crippen MR) is 106 cm³/mol. The third-order valence-electron chi connectivity index (χ3n) is 3.71. The summed E-state index contributed by atoms with van der Waals surface area (Å²) in [7, 11) is 1.24. The fourth-order valence-electron chi connectivity index (χ4n) is 2.30. The third kappa shape index (κ3) is 6.76. The van der Waals surface area contributed by atoms with Crippen molar-refractivity contribution >= 4 is 17.6 Å². The average molecular weight is 399 g/mol. The van der Waals surface area contributed by atoms with Crippen LogP contribution in [0, 0.1) is 5.82 Å². The lowest BCUT2D eigenvalue weighted by Gasteiger charge is -2.12. The molecule has 0 radical (unpaired) electrons. The number of benzene rings is 1. The number of aromatic nitrogens is 1. The van der Waals surface area contributed by atoms with E-state index in [9.17, 15) is 14.0 Å². The van der Waals surface area contributed by atoms with E-state index in [-0.39, 0.29) is 18.1 Å². The second kappa shape index (κ2) is 11.2. The van der Waals surface area contributed by atoms with Gasteiger partial charge in [-0.3, -0.25) is 9.78 Å². The second-order valence-corrected chi connectivity index (χ2v) is 5.69. The van der Waals surface area contributed by atoms with E-state index >= 15 is 0 Å². The zero-order valence-corrected chi connectivity index (χ0v) is 16.1. The van der Waals surface area contributed by atoms with Crippen molar-refractivity contribution in [2.45, 2.75) is 12.8 Å². The van der Waals surface area contributed by atoms with Crippen LogP contribution in [-0.4, -0.2) is 30.6 Å². The normalized spacial score (nSPS) is 12.3. The van der Waals surface area contributed by atoms with E-state index in [0.29, 0.717) is 11.4 Å². The van der Waals surface area contributed by atoms with Crippen LogP contribution >= 0.6 is 0 Å². The van der Waals surface area contributed by atoms with Gasteiger partial charge in [-0.25, -0.2) is 9.18 Å². The Bertz CT molecular complexity index is 867. The van der Waals surface area contributed by atoms with Gasteiger partial charge in [0.1, 0.15) is 17.4 Å². The number of pyridine rings is 1. The number of carbonyl (C=O) groups excluding carboxylic acids is 2. The Morgan fingerprint density at radius 3 is 2.59 bits per heavy atom. The van der Waals surface area contributed by atoms with Gasteiger partial charge in [0.2, 0.25) is 0 Å². The molecule has 7 nitrogen and oxygen atoms in total. The number of nitrogens with zero attached hydrogens (tertiary/aromatic N) is 1. The van der Waals surface area contributed by atoms with Crippen molar-refractivity contribution in [1.82, 2.24) is 10.3 Å². The number of ether oxygens (including phenoxy) is 2. The first kappa shape index (κ1) is 21.6. The molecule has 0 bridgehead atoms. The van der Waals surface area contributed by atoms with Crippen LogP contribution in [0.2, 0.25) is 0 Å². The Morgan fingerprint density at radius 2 is 1.97 bits per heavy atom. The summed E-state index contributed by atoms with van der Waals surface area (Å²) in [6.07, 6.45) is 5.93. The average Bonchev–Trinajstić information content (AvgIpc) is 2.74. The highest BCUT2D eigenvalue weighted by Gasteiger charge is 2.20. The summed E-state index contributed by atoms with van der Waals surface area (Å²) in [4.78, 5) is 28.4. The van der Waals surface area contributed by atoms with Gasteiger partial charge in [-0.15, -0.1) is 0 Å². The van der Waals surface area contributed by atoms with Crippen molar-refractivity contribution < 1.29 is 23.5 Å². The fraction of sp³-hybridized carbons (Fsp3) is 0.190. The van der Waals surface area contributed by atoms with Crippen molar-refractivity contribution in [3.05, 3.63) is 84.3 Å². The van der Waals surface area contributed by atoms with E-state index in [1.165, 1.54) is 49.9 Å². The van der Waals surface area contributed by atoms with E-state index in [4.69, 9.17) is 9.47 Å². The lowest BCUT2D eigenvalue weighted by molar-refractivity contribution is -0.143. The van der Waals surface area contributed by atoms with Gasteiger partial charge < -0.3 is 20.1 Å². The van der Waals surface area contributed by atoms with Crippen LogP contribution in [0.15, 0.2) is 72.8 Å². The second-order valence-electron chi connectivity index (χ2n) is 5.69. The molecule has 0 aliphatic rings. The maximum atomic E-state index is 13.0. The van der Waals surface area contributed by atoms with Crippen molar-refractivity contribution in [2.24, 2.45) is 0 Å². The minimum absolute atomic E-state index is 0.0803. The summed E-state index contributed by atoms with van der Waals surface area (Å²) in [6, 6.07) is 10.8. The van der Waals surface area contributed by atoms with Crippen molar-refractivity contribution in [1.29, 1.82) is 0 Å². The minimum Gasteiger partial charge on any atom is -0.465 e. The first-order chi connectivity index (χ1) is 14.0. The van der Waals surface area contributed by atoms with Crippen molar-refractivity contribution in [3.63, 3.8) is 0 Å². The summed E-state index contributed by atoms with van der Waals surface area (Å²) in [5.41, 5.74) is 1.17. The summed E-state index contributed by atoms with van der Waals surface area (Å²) in [6.45, 7) is 1.95. The molecule has 0 saturated heterocycles. The van der Waals surface area contributed by atoms with Gasteiger partial charge >= 0.3 is 11.9 Å². The van der Waals surface area contributed by atoms with E-state index < -0.39 is 17.9 Å². The smallest absolute Gasteiger partial charge is 0.355 e. The maximum Gasteiger partial charge on any atom is 0.355 e. The Kier molecular flexibility index (Phi) is 8.37.